The average Bonchev–Trinajstić information content (AvgIpc) is 2.74. The van der Waals surface area contributed by atoms with E-state index in [0.717, 1.165) is 44.7 Å². The second-order valence-corrected chi connectivity index (χ2v) is 8.50. The highest BCUT2D eigenvalue weighted by atomic mass is 16.5. The second kappa shape index (κ2) is 13.5. The number of rotatable bonds is 7. The van der Waals surface area contributed by atoms with Crippen molar-refractivity contribution in [1.29, 1.82) is 0 Å². The van der Waals surface area contributed by atoms with Crippen LogP contribution in [0.25, 0.3) is 0 Å². The number of hydrogen-bond donors (Lipinski definition) is 2. The molecule has 2 rings (SSSR count). The summed E-state index contributed by atoms with van der Waals surface area (Å²) in [5, 5.41) is 7.42. The Morgan fingerprint density at radius 2 is 1.46 bits per heavy atom. The average molecular weight is 367 g/mol. The lowest BCUT2D eigenvalue weighted by molar-refractivity contribution is -0.146. The van der Waals surface area contributed by atoms with Gasteiger partial charge in [0.15, 0.2) is 0 Å². The van der Waals surface area contributed by atoms with Crippen LogP contribution in [-0.4, -0.2) is 38.8 Å². The Kier molecular flexibility index (Phi) is 11.3. The van der Waals surface area contributed by atoms with E-state index in [2.05, 4.69) is 10.6 Å². The summed E-state index contributed by atoms with van der Waals surface area (Å²) in [4.78, 5) is 11.9. The van der Waals surface area contributed by atoms with Crippen molar-refractivity contribution < 1.29 is 9.53 Å². The first-order valence-corrected chi connectivity index (χ1v) is 11.3. The smallest absolute Gasteiger partial charge is 0.308 e. The highest BCUT2D eigenvalue weighted by molar-refractivity contribution is 5.72. The predicted octanol–water partition coefficient (Wildman–Crippen LogP) is 4.43. The SMILES string of the molecule is COC(=O)C1CCCCCC(NCCNCC2CCCCCCC2)CC1. The molecule has 0 aliphatic heterocycles. The number of esters is 1. The zero-order valence-electron chi connectivity index (χ0n) is 17.1. The molecular formula is C22H42N2O2. The van der Waals surface area contributed by atoms with Gasteiger partial charge in [-0.05, 0) is 51.0 Å². The molecule has 2 N–H and O–H groups in total. The Morgan fingerprint density at radius 3 is 2.23 bits per heavy atom. The van der Waals surface area contributed by atoms with Gasteiger partial charge in [-0.3, -0.25) is 4.79 Å². The Bertz CT molecular complexity index is 367. The molecule has 0 aromatic rings. The number of hydrogen-bond acceptors (Lipinski definition) is 4. The number of carbonyl (C=O) groups is 1. The number of methoxy groups -OCH3 is 1. The molecule has 0 spiro atoms. The van der Waals surface area contributed by atoms with E-state index in [9.17, 15) is 4.79 Å². The molecular weight excluding hydrogens is 324 g/mol. The number of nitrogens with one attached hydrogen (secondary N) is 2. The Labute approximate surface area is 161 Å². The van der Waals surface area contributed by atoms with Gasteiger partial charge in [-0.15, -0.1) is 0 Å². The lowest BCUT2D eigenvalue weighted by atomic mass is 9.91. The second-order valence-electron chi connectivity index (χ2n) is 8.50. The van der Waals surface area contributed by atoms with Crippen molar-refractivity contribution in [1.82, 2.24) is 10.6 Å². The molecule has 0 aromatic carbocycles. The van der Waals surface area contributed by atoms with Gasteiger partial charge in [-0.2, -0.15) is 0 Å². The van der Waals surface area contributed by atoms with Crippen LogP contribution < -0.4 is 10.6 Å². The zero-order valence-corrected chi connectivity index (χ0v) is 17.1. The first kappa shape index (κ1) is 21.7. The van der Waals surface area contributed by atoms with Gasteiger partial charge in [0.2, 0.25) is 0 Å². The zero-order chi connectivity index (χ0) is 18.5. The number of carbonyl (C=O) groups excluding carboxylic acids is 1. The highest BCUT2D eigenvalue weighted by Crippen LogP contribution is 2.23. The maximum Gasteiger partial charge on any atom is 0.308 e. The first-order chi connectivity index (χ1) is 12.8. The van der Waals surface area contributed by atoms with Crippen molar-refractivity contribution in [2.24, 2.45) is 11.8 Å². The van der Waals surface area contributed by atoms with Gasteiger partial charge in [-0.25, -0.2) is 0 Å². The molecule has 2 aliphatic rings. The predicted molar refractivity (Wildman–Crippen MR) is 108 cm³/mol. The third kappa shape index (κ3) is 8.85. The molecule has 0 radical (unpaired) electrons. The quantitative estimate of drug-likeness (QED) is 0.517. The normalized spacial score (nSPS) is 26.8. The molecule has 2 unspecified atom stereocenters. The minimum Gasteiger partial charge on any atom is -0.469 e. The summed E-state index contributed by atoms with van der Waals surface area (Å²) in [5.74, 6) is 0.993. The Morgan fingerprint density at radius 1 is 0.808 bits per heavy atom. The summed E-state index contributed by atoms with van der Waals surface area (Å²) in [5.41, 5.74) is 0. The molecule has 2 aliphatic carbocycles. The third-order valence-corrected chi connectivity index (χ3v) is 6.40. The molecule has 26 heavy (non-hydrogen) atoms. The fourth-order valence-corrected chi connectivity index (χ4v) is 4.67. The summed E-state index contributed by atoms with van der Waals surface area (Å²) >= 11 is 0. The van der Waals surface area contributed by atoms with Crippen LogP contribution in [0.4, 0.5) is 0 Å². The molecule has 2 saturated carbocycles. The number of ether oxygens (including phenoxy) is 1. The molecule has 2 fully saturated rings. The molecule has 0 amide bonds. The molecule has 2 atom stereocenters. The monoisotopic (exact) mass is 366 g/mol. The summed E-state index contributed by atoms with van der Waals surface area (Å²) in [6.45, 7) is 3.30. The maximum absolute atomic E-state index is 11.9. The lowest BCUT2D eigenvalue weighted by Crippen LogP contribution is -2.37. The van der Waals surface area contributed by atoms with Gasteiger partial charge >= 0.3 is 5.97 Å². The van der Waals surface area contributed by atoms with E-state index in [1.54, 1.807) is 0 Å². The van der Waals surface area contributed by atoms with Gasteiger partial charge < -0.3 is 15.4 Å². The fourth-order valence-electron chi connectivity index (χ4n) is 4.67. The molecule has 4 heteroatoms. The maximum atomic E-state index is 11.9. The fraction of sp³-hybridized carbons (Fsp3) is 0.955. The molecule has 0 saturated heterocycles. The van der Waals surface area contributed by atoms with Crippen LogP contribution >= 0.6 is 0 Å². The van der Waals surface area contributed by atoms with Gasteiger partial charge in [0.05, 0.1) is 13.0 Å². The van der Waals surface area contributed by atoms with Crippen molar-refractivity contribution in [3.8, 4) is 0 Å². The van der Waals surface area contributed by atoms with Crippen LogP contribution in [-0.2, 0) is 9.53 Å². The lowest BCUT2D eigenvalue weighted by Gasteiger charge is -2.22. The topological polar surface area (TPSA) is 50.4 Å². The molecule has 0 heterocycles. The van der Waals surface area contributed by atoms with E-state index in [1.807, 2.05) is 0 Å². The molecule has 0 bridgehead atoms. The highest BCUT2D eigenvalue weighted by Gasteiger charge is 2.22. The van der Waals surface area contributed by atoms with Gasteiger partial charge in [0.1, 0.15) is 0 Å². The molecule has 4 nitrogen and oxygen atoms in total. The summed E-state index contributed by atoms with van der Waals surface area (Å²) in [7, 11) is 1.52. The standard InChI is InChI=1S/C22H42N2O2/c1-26-22(25)20-12-8-5-9-13-21(15-14-20)24-17-16-23-18-19-10-6-3-2-4-7-11-19/h19-21,23-24H,2-18H2,1H3. The van der Waals surface area contributed by atoms with Crippen LogP contribution in [0.15, 0.2) is 0 Å². The third-order valence-electron chi connectivity index (χ3n) is 6.40. The van der Waals surface area contributed by atoms with Crippen LogP contribution in [0.1, 0.15) is 89.9 Å². The first-order valence-electron chi connectivity index (χ1n) is 11.3. The summed E-state index contributed by atoms with van der Waals surface area (Å²) in [6.07, 6.45) is 18.0. The minimum atomic E-state index is -0.00785. The van der Waals surface area contributed by atoms with Crippen LogP contribution in [0.2, 0.25) is 0 Å². The Hall–Kier alpha value is -0.610. The van der Waals surface area contributed by atoms with Crippen molar-refractivity contribution in [2.75, 3.05) is 26.7 Å². The van der Waals surface area contributed by atoms with Crippen LogP contribution in [0, 0.1) is 11.8 Å². The van der Waals surface area contributed by atoms with Crippen molar-refractivity contribution >= 4 is 5.97 Å². The van der Waals surface area contributed by atoms with Crippen LogP contribution in [0.3, 0.4) is 0 Å². The summed E-state index contributed by atoms with van der Waals surface area (Å²) in [6, 6.07) is 0.559. The van der Waals surface area contributed by atoms with Crippen LogP contribution in [0.5, 0.6) is 0 Å². The van der Waals surface area contributed by atoms with Gasteiger partial charge in [0.25, 0.3) is 0 Å². The van der Waals surface area contributed by atoms with Crippen molar-refractivity contribution in [2.45, 2.75) is 95.9 Å². The molecule has 152 valence electrons. The summed E-state index contributed by atoms with van der Waals surface area (Å²) < 4.78 is 4.98. The minimum absolute atomic E-state index is 0.00785. The largest absolute Gasteiger partial charge is 0.469 e. The van der Waals surface area contributed by atoms with E-state index in [1.165, 1.54) is 77.9 Å². The van der Waals surface area contributed by atoms with Crippen molar-refractivity contribution in [3.05, 3.63) is 0 Å². The van der Waals surface area contributed by atoms with E-state index in [0.29, 0.717) is 6.04 Å². The van der Waals surface area contributed by atoms with Gasteiger partial charge in [-0.1, -0.05) is 51.4 Å². The van der Waals surface area contributed by atoms with Gasteiger partial charge in [0, 0.05) is 19.1 Å². The van der Waals surface area contributed by atoms with E-state index in [-0.39, 0.29) is 11.9 Å². The van der Waals surface area contributed by atoms with E-state index in [4.69, 9.17) is 4.74 Å². The molecule has 0 aromatic heterocycles. The Balaban J connectivity index is 1.60. The van der Waals surface area contributed by atoms with Crippen molar-refractivity contribution in [3.63, 3.8) is 0 Å². The van der Waals surface area contributed by atoms with E-state index < -0.39 is 0 Å². The van der Waals surface area contributed by atoms with E-state index >= 15 is 0 Å².